The molecule has 1 aromatic heterocycles. The number of hydrogen-bond donors (Lipinski definition) is 1. The van der Waals surface area contributed by atoms with Crippen molar-refractivity contribution in [2.75, 3.05) is 5.32 Å². The molecule has 0 spiro atoms. The minimum absolute atomic E-state index is 0.178. The van der Waals surface area contributed by atoms with E-state index in [4.69, 9.17) is 0 Å². The summed E-state index contributed by atoms with van der Waals surface area (Å²) < 4.78 is 27.9. The fraction of sp³-hybridized carbons (Fsp3) is 0.158. The van der Waals surface area contributed by atoms with Crippen molar-refractivity contribution in [1.29, 1.82) is 0 Å². The highest BCUT2D eigenvalue weighted by Crippen LogP contribution is 2.25. The van der Waals surface area contributed by atoms with Gasteiger partial charge in [-0.05, 0) is 43.3 Å². The van der Waals surface area contributed by atoms with Crippen LogP contribution in [0.25, 0.3) is 5.69 Å². The first-order valence-corrected chi connectivity index (χ1v) is 8.96. The van der Waals surface area contributed by atoms with Crippen LogP contribution in [-0.2, 0) is 7.05 Å². The summed E-state index contributed by atoms with van der Waals surface area (Å²) in [4.78, 5) is 25.6. The van der Waals surface area contributed by atoms with Crippen LogP contribution in [0.5, 0.6) is 0 Å². The molecule has 0 bridgehead atoms. The first-order valence-electron chi connectivity index (χ1n) is 8.08. The number of anilines is 1. The monoisotopic (exact) mass is 389 g/mol. The van der Waals surface area contributed by atoms with Gasteiger partial charge in [0.2, 0.25) is 0 Å². The Hall–Kier alpha value is -2.87. The summed E-state index contributed by atoms with van der Waals surface area (Å²) in [5.41, 5.74) is 1.39. The van der Waals surface area contributed by atoms with Gasteiger partial charge >= 0.3 is 0 Å². The summed E-state index contributed by atoms with van der Waals surface area (Å²) in [6, 6.07) is 14.9. The normalized spacial score (nSPS) is 11.0. The van der Waals surface area contributed by atoms with Gasteiger partial charge < -0.3 is 5.32 Å². The predicted octanol–water partition coefficient (Wildman–Crippen LogP) is 4.05. The standard InChI is InChI=1S/C19H17F2N3O2S/c1-12-16(18(26)24(23(12)2)14-6-4-3-5-7-14)22-17(25)13-8-10-15(11-9-13)27-19(20)21/h3-11,19H,1-2H3,(H,22,25). The van der Waals surface area contributed by atoms with E-state index in [1.807, 2.05) is 18.2 Å². The smallest absolute Gasteiger partial charge is 0.295 e. The maximum atomic E-state index is 12.8. The van der Waals surface area contributed by atoms with Gasteiger partial charge in [-0.3, -0.25) is 14.3 Å². The van der Waals surface area contributed by atoms with Crippen LogP contribution in [0, 0.1) is 6.92 Å². The summed E-state index contributed by atoms with van der Waals surface area (Å²) >= 11 is 0.409. The average Bonchev–Trinajstić information content (AvgIpc) is 2.86. The van der Waals surface area contributed by atoms with Crippen LogP contribution < -0.4 is 10.9 Å². The predicted molar refractivity (Wildman–Crippen MR) is 102 cm³/mol. The Morgan fingerprint density at radius 1 is 1.07 bits per heavy atom. The highest BCUT2D eigenvalue weighted by atomic mass is 32.2. The summed E-state index contributed by atoms with van der Waals surface area (Å²) in [5, 5.41) is 2.64. The van der Waals surface area contributed by atoms with E-state index in [-0.39, 0.29) is 16.8 Å². The molecule has 0 fully saturated rings. The second-order valence-corrected chi connectivity index (χ2v) is 6.86. The van der Waals surface area contributed by atoms with Gasteiger partial charge in [-0.15, -0.1) is 0 Å². The molecule has 3 aromatic rings. The topological polar surface area (TPSA) is 56.0 Å². The van der Waals surface area contributed by atoms with Gasteiger partial charge in [0.15, 0.2) is 0 Å². The van der Waals surface area contributed by atoms with Gasteiger partial charge in [0.25, 0.3) is 17.2 Å². The molecule has 0 aliphatic heterocycles. The van der Waals surface area contributed by atoms with Crippen molar-refractivity contribution in [3.8, 4) is 5.69 Å². The van der Waals surface area contributed by atoms with Crippen LogP contribution >= 0.6 is 11.8 Å². The molecule has 0 unspecified atom stereocenters. The van der Waals surface area contributed by atoms with Crippen molar-refractivity contribution in [1.82, 2.24) is 9.36 Å². The van der Waals surface area contributed by atoms with Crippen molar-refractivity contribution < 1.29 is 13.6 Å². The summed E-state index contributed by atoms with van der Waals surface area (Å²) in [5.74, 6) is -3.00. The van der Waals surface area contributed by atoms with E-state index in [0.717, 1.165) is 0 Å². The average molecular weight is 389 g/mol. The zero-order chi connectivity index (χ0) is 19.6. The van der Waals surface area contributed by atoms with Crippen molar-refractivity contribution in [2.45, 2.75) is 17.6 Å². The SMILES string of the molecule is Cc1c(NC(=O)c2ccc(SC(F)F)cc2)c(=O)n(-c2ccccc2)n1C. The number of nitrogens with one attached hydrogen (secondary N) is 1. The van der Waals surface area contributed by atoms with E-state index in [0.29, 0.717) is 28.0 Å². The molecule has 0 aliphatic rings. The zero-order valence-corrected chi connectivity index (χ0v) is 15.5. The molecule has 3 rings (SSSR count). The third-order valence-electron chi connectivity index (χ3n) is 4.13. The maximum absolute atomic E-state index is 12.8. The van der Waals surface area contributed by atoms with E-state index < -0.39 is 11.7 Å². The summed E-state index contributed by atoms with van der Waals surface area (Å²) in [6.07, 6.45) is 0. The third kappa shape index (κ3) is 3.95. The van der Waals surface area contributed by atoms with Crippen LogP contribution in [0.2, 0.25) is 0 Å². The molecule has 0 atom stereocenters. The molecule has 0 radical (unpaired) electrons. The Bertz CT molecular complexity index is 1010. The molecule has 1 N–H and O–H groups in total. The number of benzene rings is 2. The lowest BCUT2D eigenvalue weighted by molar-refractivity contribution is 0.102. The number of carbonyl (C=O) groups is 1. The van der Waals surface area contributed by atoms with E-state index >= 15 is 0 Å². The molecule has 0 saturated heterocycles. The van der Waals surface area contributed by atoms with Crippen molar-refractivity contribution in [2.24, 2.45) is 7.05 Å². The third-order valence-corrected chi connectivity index (χ3v) is 4.86. The summed E-state index contributed by atoms with van der Waals surface area (Å²) in [7, 11) is 1.73. The summed E-state index contributed by atoms with van der Waals surface area (Å²) in [6.45, 7) is 1.73. The zero-order valence-electron chi connectivity index (χ0n) is 14.6. The number of alkyl halides is 2. The highest BCUT2D eigenvalue weighted by Gasteiger charge is 2.18. The number of nitrogens with zero attached hydrogens (tertiary/aromatic N) is 2. The Morgan fingerprint density at radius 2 is 1.70 bits per heavy atom. The van der Waals surface area contributed by atoms with Gasteiger partial charge in [0.1, 0.15) is 5.69 Å². The number of hydrogen-bond acceptors (Lipinski definition) is 3. The van der Waals surface area contributed by atoms with Gasteiger partial charge in [-0.1, -0.05) is 30.0 Å². The molecule has 27 heavy (non-hydrogen) atoms. The molecule has 0 saturated carbocycles. The Morgan fingerprint density at radius 3 is 2.30 bits per heavy atom. The van der Waals surface area contributed by atoms with Gasteiger partial charge in [0, 0.05) is 17.5 Å². The number of rotatable bonds is 5. The van der Waals surface area contributed by atoms with Crippen LogP contribution in [-0.4, -0.2) is 21.0 Å². The first kappa shape index (κ1) is 18.9. The molecule has 1 heterocycles. The molecular weight excluding hydrogens is 372 g/mol. The largest absolute Gasteiger partial charge is 0.316 e. The second kappa shape index (κ2) is 7.79. The Labute approximate surface area is 158 Å². The minimum atomic E-state index is -2.52. The van der Waals surface area contributed by atoms with Crippen molar-refractivity contribution >= 4 is 23.4 Å². The fourth-order valence-electron chi connectivity index (χ4n) is 2.69. The van der Waals surface area contributed by atoms with Crippen molar-refractivity contribution in [3.63, 3.8) is 0 Å². The second-order valence-electron chi connectivity index (χ2n) is 5.79. The van der Waals surface area contributed by atoms with Gasteiger partial charge in [-0.2, -0.15) is 8.78 Å². The molecule has 2 aromatic carbocycles. The van der Waals surface area contributed by atoms with Crippen LogP contribution in [0.3, 0.4) is 0 Å². The van der Waals surface area contributed by atoms with E-state index in [9.17, 15) is 18.4 Å². The molecule has 140 valence electrons. The van der Waals surface area contributed by atoms with Crippen LogP contribution in [0.15, 0.2) is 64.3 Å². The lowest BCUT2D eigenvalue weighted by Crippen LogP contribution is -2.22. The molecule has 8 heteroatoms. The quantitative estimate of drug-likeness (QED) is 0.670. The number of halogens is 2. The van der Waals surface area contributed by atoms with Crippen LogP contribution in [0.4, 0.5) is 14.5 Å². The minimum Gasteiger partial charge on any atom is -0.316 e. The first-order chi connectivity index (χ1) is 12.9. The van der Waals surface area contributed by atoms with Crippen LogP contribution in [0.1, 0.15) is 16.1 Å². The highest BCUT2D eigenvalue weighted by molar-refractivity contribution is 7.99. The Balaban J connectivity index is 1.88. The van der Waals surface area contributed by atoms with E-state index in [1.165, 1.54) is 28.9 Å². The number of carbonyl (C=O) groups excluding carboxylic acids is 1. The maximum Gasteiger partial charge on any atom is 0.295 e. The number of thioether (sulfide) groups is 1. The molecule has 5 nitrogen and oxygen atoms in total. The van der Waals surface area contributed by atoms with Crippen molar-refractivity contribution in [3.05, 3.63) is 76.2 Å². The number of aromatic nitrogens is 2. The molecule has 1 amide bonds. The van der Waals surface area contributed by atoms with Gasteiger partial charge in [-0.25, -0.2) is 4.68 Å². The van der Waals surface area contributed by atoms with Gasteiger partial charge in [0.05, 0.1) is 11.4 Å². The Kier molecular flexibility index (Phi) is 5.46. The molecule has 0 aliphatic carbocycles. The van der Waals surface area contributed by atoms with E-state index in [1.54, 1.807) is 30.8 Å². The fourth-order valence-corrected chi connectivity index (χ4v) is 3.18. The van der Waals surface area contributed by atoms with E-state index in [2.05, 4.69) is 5.32 Å². The lowest BCUT2D eigenvalue weighted by Gasteiger charge is -2.07. The number of para-hydroxylation sites is 1. The molecular formula is C19H17F2N3O2S. The number of amides is 1. The lowest BCUT2D eigenvalue weighted by atomic mass is 10.2.